The van der Waals surface area contributed by atoms with Crippen LogP contribution in [-0.2, 0) is 11.3 Å². The molecule has 1 unspecified atom stereocenters. The molecule has 1 spiro atoms. The topological polar surface area (TPSA) is 36.4 Å². The summed E-state index contributed by atoms with van der Waals surface area (Å²) in [4.78, 5) is 20.8. The van der Waals surface area contributed by atoms with Crippen LogP contribution in [0.4, 0.5) is 0 Å². The first kappa shape index (κ1) is 14.0. The van der Waals surface area contributed by atoms with E-state index in [4.69, 9.17) is 0 Å². The molecule has 1 amide bonds. The number of piperidine rings is 1. The summed E-state index contributed by atoms with van der Waals surface area (Å²) in [7, 11) is 3.74. The van der Waals surface area contributed by atoms with Crippen LogP contribution < -0.4 is 0 Å². The summed E-state index contributed by atoms with van der Waals surface area (Å²) in [6.45, 7) is 5.23. The summed E-state index contributed by atoms with van der Waals surface area (Å²) >= 11 is 1.72. The van der Waals surface area contributed by atoms with Crippen molar-refractivity contribution in [2.24, 2.45) is 11.3 Å². The molecule has 1 aromatic heterocycles. The Kier molecular flexibility index (Phi) is 3.58. The zero-order valence-corrected chi connectivity index (χ0v) is 13.4. The van der Waals surface area contributed by atoms with Crippen LogP contribution in [0.25, 0.3) is 0 Å². The van der Waals surface area contributed by atoms with E-state index in [0.717, 1.165) is 31.1 Å². The lowest BCUT2D eigenvalue weighted by Crippen LogP contribution is -2.36. The van der Waals surface area contributed by atoms with Gasteiger partial charge in [0.1, 0.15) is 0 Å². The highest BCUT2D eigenvalue weighted by molar-refractivity contribution is 7.09. The van der Waals surface area contributed by atoms with Gasteiger partial charge in [-0.05, 0) is 44.7 Å². The van der Waals surface area contributed by atoms with Gasteiger partial charge in [0.05, 0.1) is 10.7 Å². The average molecular weight is 293 g/mol. The molecule has 1 atom stereocenters. The van der Waals surface area contributed by atoms with Crippen LogP contribution in [0.3, 0.4) is 0 Å². The molecule has 5 heteroatoms. The molecule has 0 aromatic carbocycles. The smallest absolute Gasteiger partial charge is 0.225 e. The molecule has 1 aromatic rings. The molecule has 110 valence electrons. The van der Waals surface area contributed by atoms with Gasteiger partial charge in [-0.15, -0.1) is 11.3 Å². The molecule has 4 nitrogen and oxygen atoms in total. The molecule has 1 aliphatic heterocycles. The van der Waals surface area contributed by atoms with Crippen LogP contribution in [-0.4, -0.2) is 47.9 Å². The Balaban J connectivity index is 1.52. The lowest BCUT2D eigenvalue weighted by molar-refractivity contribution is -0.131. The fourth-order valence-corrected chi connectivity index (χ4v) is 4.03. The highest BCUT2D eigenvalue weighted by atomic mass is 32.1. The Morgan fingerprint density at radius 1 is 1.50 bits per heavy atom. The normalized spacial score (nSPS) is 24.9. The van der Waals surface area contributed by atoms with Crippen molar-refractivity contribution in [3.63, 3.8) is 0 Å². The number of rotatable bonds is 3. The number of aryl methyl sites for hydroxylation is 1. The van der Waals surface area contributed by atoms with Gasteiger partial charge in [0.2, 0.25) is 5.91 Å². The molecule has 1 saturated carbocycles. The summed E-state index contributed by atoms with van der Waals surface area (Å²) in [6.07, 6.45) is 3.44. The minimum Gasteiger partial charge on any atom is -0.349 e. The van der Waals surface area contributed by atoms with Crippen LogP contribution in [0.2, 0.25) is 0 Å². The molecule has 1 aliphatic carbocycles. The Labute approximate surface area is 124 Å². The van der Waals surface area contributed by atoms with Crippen LogP contribution in [0.5, 0.6) is 0 Å². The van der Waals surface area contributed by atoms with E-state index in [1.54, 1.807) is 16.2 Å². The fraction of sp³-hybridized carbons (Fsp3) is 0.733. The monoisotopic (exact) mass is 293 g/mol. The number of amides is 1. The number of thiazole rings is 1. The molecule has 2 heterocycles. The van der Waals surface area contributed by atoms with E-state index in [1.165, 1.54) is 18.5 Å². The number of aromatic nitrogens is 1. The maximum absolute atomic E-state index is 12.1. The lowest BCUT2D eigenvalue weighted by atomic mass is 9.90. The van der Waals surface area contributed by atoms with E-state index >= 15 is 0 Å². The van der Waals surface area contributed by atoms with Gasteiger partial charge in [-0.3, -0.25) is 9.69 Å². The van der Waals surface area contributed by atoms with E-state index in [1.807, 2.05) is 14.1 Å². The molecule has 20 heavy (non-hydrogen) atoms. The third-order valence-electron chi connectivity index (χ3n) is 4.83. The maximum atomic E-state index is 12.1. The van der Waals surface area contributed by atoms with Gasteiger partial charge in [0.25, 0.3) is 0 Å². The van der Waals surface area contributed by atoms with Gasteiger partial charge in [-0.2, -0.15) is 0 Å². The van der Waals surface area contributed by atoms with Gasteiger partial charge < -0.3 is 4.90 Å². The molecule has 2 aliphatic rings. The maximum Gasteiger partial charge on any atom is 0.225 e. The second kappa shape index (κ2) is 5.11. The lowest BCUT2D eigenvalue weighted by Gasteiger charge is -2.32. The Morgan fingerprint density at radius 2 is 2.20 bits per heavy atom. The molecule has 3 rings (SSSR count). The second-order valence-corrected chi connectivity index (χ2v) is 7.55. The minimum absolute atomic E-state index is 0.293. The SMILES string of the molecule is Cc1nc(CN2CCC3(CC2)CC3C(=O)N(C)C)cs1. The molecule has 1 saturated heterocycles. The van der Waals surface area contributed by atoms with Crippen molar-refractivity contribution < 1.29 is 4.79 Å². The van der Waals surface area contributed by atoms with Crippen molar-refractivity contribution in [2.45, 2.75) is 32.7 Å². The van der Waals surface area contributed by atoms with Gasteiger partial charge >= 0.3 is 0 Å². The fourth-order valence-electron chi connectivity index (χ4n) is 3.43. The Bertz CT molecular complexity index is 503. The first-order chi connectivity index (χ1) is 9.50. The Morgan fingerprint density at radius 3 is 2.75 bits per heavy atom. The zero-order valence-electron chi connectivity index (χ0n) is 12.6. The van der Waals surface area contributed by atoms with E-state index in [-0.39, 0.29) is 0 Å². The number of hydrogen-bond acceptors (Lipinski definition) is 4. The number of carbonyl (C=O) groups excluding carboxylic acids is 1. The van der Waals surface area contributed by atoms with Crippen molar-refractivity contribution in [3.8, 4) is 0 Å². The molecule has 0 radical (unpaired) electrons. The molecule has 0 bridgehead atoms. The number of carbonyl (C=O) groups is 1. The van der Waals surface area contributed by atoms with Crippen LogP contribution in [0, 0.1) is 18.3 Å². The summed E-state index contributed by atoms with van der Waals surface area (Å²) in [5.41, 5.74) is 1.52. The number of nitrogens with zero attached hydrogens (tertiary/aromatic N) is 3. The van der Waals surface area contributed by atoms with Crippen LogP contribution >= 0.6 is 11.3 Å². The zero-order chi connectivity index (χ0) is 14.3. The highest BCUT2D eigenvalue weighted by Crippen LogP contribution is 2.59. The van der Waals surface area contributed by atoms with Crippen LogP contribution in [0.1, 0.15) is 30.0 Å². The summed E-state index contributed by atoms with van der Waals surface area (Å²) in [5.74, 6) is 0.620. The van der Waals surface area contributed by atoms with Gasteiger partial charge in [0.15, 0.2) is 0 Å². The first-order valence-electron chi connectivity index (χ1n) is 7.35. The van der Waals surface area contributed by atoms with Crippen molar-refractivity contribution in [2.75, 3.05) is 27.2 Å². The largest absolute Gasteiger partial charge is 0.349 e. The van der Waals surface area contributed by atoms with E-state index in [9.17, 15) is 4.79 Å². The van der Waals surface area contributed by atoms with E-state index < -0.39 is 0 Å². The van der Waals surface area contributed by atoms with Gasteiger partial charge in [-0.25, -0.2) is 4.98 Å². The highest BCUT2D eigenvalue weighted by Gasteiger charge is 2.58. The predicted octanol–water partition coefficient (Wildman–Crippen LogP) is 2.14. The van der Waals surface area contributed by atoms with Crippen molar-refractivity contribution in [1.82, 2.24) is 14.8 Å². The summed E-state index contributed by atoms with van der Waals surface area (Å²) < 4.78 is 0. The molecule has 2 fully saturated rings. The van der Waals surface area contributed by atoms with Crippen molar-refractivity contribution in [1.29, 1.82) is 0 Å². The first-order valence-corrected chi connectivity index (χ1v) is 8.23. The average Bonchev–Trinajstić information content (AvgIpc) is 2.96. The predicted molar refractivity (Wildman–Crippen MR) is 80.6 cm³/mol. The van der Waals surface area contributed by atoms with Gasteiger partial charge in [0, 0.05) is 31.9 Å². The van der Waals surface area contributed by atoms with E-state index in [0.29, 0.717) is 17.2 Å². The summed E-state index contributed by atoms with van der Waals surface area (Å²) in [6, 6.07) is 0. The summed E-state index contributed by atoms with van der Waals surface area (Å²) in [5, 5.41) is 3.31. The van der Waals surface area contributed by atoms with Gasteiger partial charge in [-0.1, -0.05) is 0 Å². The molecular weight excluding hydrogens is 270 g/mol. The molecular formula is C15H23N3OS. The standard InChI is InChI=1S/C15H23N3OS/c1-11-16-12(10-20-11)9-18-6-4-15(5-7-18)8-13(15)14(19)17(2)3/h10,13H,4-9H2,1-3H3. The minimum atomic E-state index is 0.293. The van der Waals surface area contributed by atoms with Crippen LogP contribution in [0.15, 0.2) is 5.38 Å². The van der Waals surface area contributed by atoms with Crippen molar-refractivity contribution in [3.05, 3.63) is 16.1 Å². The third-order valence-corrected chi connectivity index (χ3v) is 5.65. The number of likely N-dealkylation sites (tertiary alicyclic amines) is 1. The second-order valence-electron chi connectivity index (χ2n) is 6.49. The van der Waals surface area contributed by atoms with Crippen molar-refractivity contribution >= 4 is 17.2 Å². The van der Waals surface area contributed by atoms with E-state index in [2.05, 4.69) is 22.2 Å². The third kappa shape index (κ3) is 2.61. The Hall–Kier alpha value is -0.940. The number of hydrogen-bond donors (Lipinski definition) is 0. The quantitative estimate of drug-likeness (QED) is 0.857. The molecule has 0 N–H and O–H groups in total.